The van der Waals surface area contributed by atoms with Crippen molar-refractivity contribution >= 4 is 5.97 Å². The number of ether oxygens (including phenoxy) is 1. The normalized spacial score (nSPS) is 11.1. The Morgan fingerprint density at radius 3 is 1.79 bits per heavy atom. The lowest BCUT2D eigenvalue weighted by molar-refractivity contribution is -0.138. The molecule has 0 fully saturated rings. The molecule has 0 atom stereocenters. The van der Waals surface area contributed by atoms with Crippen LogP contribution in [0.2, 0.25) is 0 Å². The molecule has 0 aliphatic heterocycles. The van der Waals surface area contributed by atoms with Gasteiger partial charge in [0.2, 0.25) is 0 Å². The van der Waals surface area contributed by atoms with Crippen molar-refractivity contribution in [1.29, 1.82) is 0 Å². The van der Waals surface area contributed by atoms with Crippen molar-refractivity contribution < 1.29 is 9.53 Å². The molecule has 0 bridgehead atoms. The minimum absolute atomic E-state index is 0.103. The van der Waals surface area contributed by atoms with Gasteiger partial charge in [-0.1, -0.05) is 77.2 Å². The van der Waals surface area contributed by atoms with Gasteiger partial charge < -0.3 is 4.74 Å². The van der Waals surface area contributed by atoms with E-state index >= 15 is 0 Å². The average molecular weight is 268 g/mol. The van der Waals surface area contributed by atoms with Crippen molar-refractivity contribution in [2.24, 2.45) is 0 Å². The van der Waals surface area contributed by atoms with Gasteiger partial charge in [-0.05, 0) is 13.3 Å². The molecule has 112 valence electrons. The highest BCUT2D eigenvalue weighted by molar-refractivity contribution is 5.69. The van der Waals surface area contributed by atoms with Gasteiger partial charge in [0.1, 0.15) is 0 Å². The molecule has 0 unspecified atom stereocenters. The number of rotatable bonds is 13. The van der Waals surface area contributed by atoms with Crippen LogP contribution in [0.5, 0.6) is 0 Å². The van der Waals surface area contributed by atoms with Crippen LogP contribution in [0.1, 0.15) is 90.9 Å². The van der Waals surface area contributed by atoms with Crippen LogP contribution in [0.25, 0.3) is 0 Å². The van der Waals surface area contributed by atoms with Crippen LogP contribution in [0.3, 0.4) is 0 Å². The maximum absolute atomic E-state index is 11.2. The van der Waals surface area contributed by atoms with E-state index in [0.717, 1.165) is 12.8 Å². The fourth-order valence-electron chi connectivity index (χ4n) is 2.14. The molecule has 0 aliphatic rings. The molecule has 0 N–H and O–H groups in total. The van der Waals surface area contributed by atoms with E-state index < -0.39 is 0 Å². The molecule has 0 rings (SSSR count). The summed E-state index contributed by atoms with van der Waals surface area (Å²) in [7, 11) is 0. The summed E-state index contributed by atoms with van der Waals surface area (Å²) < 4.78 is 4.86. The van der Waals surface area contributed by atoms with Crippen LogP contribution in [0.15, 0.2) is 12.3 Å². The first-order valence-electron chi connectivity index (χ1n) is 8.12. The van der Waals surface area contributed by atoms with Crippen molar-refractivity contribution in [3.05, 3.63) is 12.3 Å². The topological polar surface area (TPSA) is 26.3 Å². The van der Waals surface area contributed by atoms with E-state index in [-0.39, 0.29) is 5.97 Å². The van der Waals surface area contributed by atoms with Crippen molar-refractivity contribution in [3.63, 3.8) is 0 Å². The number of hydrogen-bond acceptors (Lipinski definition) is 2. The molecule has 0 saturated carbocycles. The Hall–Kier alpha value is -0.790. The summed E-state index contributed by atoms with van der Waals surface area (Å²) >= 11 is 0. The van der Waals surface area contributed by atoms with Gasteiger partial charge in [-0.25, -0.2) is 0 Å². The van der Waals surface area contributed by atoms with E-state index in [2.05, 4.69) is 6.92 Å². The molecule has 0 amide bonds. The zero-order valence-electron chi connectivity index (χ0n) is 13.0. The van der Waals surface area contributed by atoms with E-state index in [0.29, 0.717) is 6.42 Å². The first-order valence-corrected chi connectivity index (χ1v) is 8.12. The Bertz CT molecular complexity index is 221. The highest BCUT2D eigenvalue weighted by Crippen LogP contribution is 2.12. The Kier molecular flexibility index (Phi) is 14.6. The molecule has 0 aliphatic carbocycles. The van der Waals surface area contributed by atoms with Gasteiger partial charge in [0.25, 0.3) is 0 Å². The zero-order valence-corrected chi connectivity index (χ0v) is 13.0. The first kappa shape index (κ1) is 18.2. The van der Waals surface area contributed by atoms with Crippen molar-refractivity contribution in [2.45, 2.75) is 90.9 Å². The molecule has 2 nitrogen and oxygen atoms in total. The molecule has 0 spiro atoms. The molecule has 0 aromatic carbocycles. The van der Waals surface area contributed by atoms with Gasteiger partial charge in [0.05, 0.1) is 6.26 Å². The lowest BCUT2D eigenvalue weighted by Crippen LogP contribution is -1.98. The molecule has 2 heteroatoms. The SMILES string of the molecule is C/C=C/OC(=O)CCCCCCCCCCCCC. The van der Waals surface area contributed by atoms with E-state index in [1.54, 1.807) is 6.08 Å². The highest BCUT2D eigenvalue weighted by Gasteiger charge is 2.00. The number of unbranched alkanes of at least 4 members (excludes halogenated alkanes) is 10. The van der Waals surface area contributed by atoms with Gasteiger partial charge in [-0.15, -0.1) is 0 Å². The van der Waals surface area contributed by atoms with Gasteiger partial charge in [-0.3, -0.25) is 4.79 Å². The monoisotopic (exact) mass is 268 g/mol. The summed E-state index contributed by atoms with van der Waals surface area (Å²) in [6.45, 7) is 4.10. The van der Waals surface area contributed by atoms with Crippen LogP contribution < -0.4 is 0 Å². The molecule has 0 aromatic rings. The molecule has 19 heavy (non-hydrogen) atoms. The van der Waals surface area contributed by atoms with Crippen molar-refractivity contribution in [1.82, 2.24) is 0 Å². The number of hydrogen-bond donors (Lipinski definition) is 0. The number of carbonyl (C=O) groups excluding carboxylic acids is 1. The third-order valence-electron chi connectivity index (χ3n) is 3.32. The molecular weight excluding hydrogens is 236 g/mol. The minimum Gasteiger partial charge on any atom is -0.435 e. The van der Waals surface area contributed by atoms with Crippen LogP contribution in [-0.2, 0) is 9.53 Å². The molecule has 0 aromatic heterocycles. The van der Waals surface area contributed by atoms with Gasteiger partial charge in [-0.2, -0.15) is 0 Å². The fraction of sp³-hybridized carbons (Fsp3) is 0.824. The lowest BCUT2D eigenvalue weighted by Gasteiger charge is -2.02. The smallest absolute Gasteiger partial charge is 0.310 e. The number of carbonyl (C=O) groups is 1. The second kappa shape index (κ2) is 15.3. The Balaban J connectivity index is 3.08. The average Bonchev–Trinajstić information content (AvgIpc) is 2.42. The second-order valence-electron chi connectivity index (χ2n) is 5.24. The molecular formula is C17H32O2. The predicted octanol–water partition coefficient (Wildman–Crippen LogP) is 5.76. The minimum atomic E-state index is -0.103. The third-order valence-corrected chi connectivity index (χ3v) is 3.32. The summed E-state index contributed by atoms with van der Waals surface area (Å²) in [5.41, 5.74) is 0. The fourth-order valence-corrected chi connectivity index (χ4v) is 2.14. The summed E-state index contributed by atoms with van der Waals surface area (Å²) in [6, 6.07) is 0. The largest absolute Gasteiger partial charge is 0.435 e. The Morgan fingerprint density at radius 2 is 1.32 bits per heavy atom. The van der Waals surface area contributed by atoms with Crippen LogP contribution in [0.4, 0.5) is 0 Å². The van der Waals surface area contributed by atoms with Crippen LogP contribution in [-0.4, -0.2) is 5.97 Å². The summed E-state index contributed by atoms with van der Waals surface area (Å²) in [5.74, 6) is -0.103. The van der Waals surface area contributed by atoms with E-state index in [1.165, 1.54) is 64.0 Å². The van der Waals surface area contributed by atoms with Gasteiger partial charge >= 0.3 is 5.97 Å². The van der Waals surface area contributed by atoms with Crippen molar-refractivity contribution in [3.8, 4) is 0 Å². The highest BCUT2D eigenvalue weighted by atomic mass is 16.5. The van der Waals surface area contributed by atoms with Crippen LogP contribution >= 0.6 is 0 Å². The standard InChI is InChI=1S/C17H32O2/c1-3-5-6-7-8-9-10-11-12-13-14-15-17(18)19-16-4-2/h4,16H,3,5-15H2,1-2H3/b16-4+. The van der Waals surface area contributed by atoms with Crippen molar-refractivity contribution in [2.75, 3.05) is 0 Å². The maximum Gasteiger partial charge on any atom is 0.310 e. The molecule has 0 heterocycles. The van der Waals surface area contributed by atoms with E-state index in [9.17, 15) is 4.79 Å². The number of allylic oxidation sites excluding steroid dienone is 1. The second-order valence-corrected chi connectivity index (χ2v) is 5.24. The van der Waals surface area contributed by atoms with Crippen LogP contribution in [0, 0.1) is 0 Å². The third kappa shape index (κ3) is 15.2. The quantitative estimate of drug-likeness (QED) is 0.241. The lowest BCUT2D eigenvalue weighted by atomic mass is 10.1. The van der Waals surface area contributed by atoms with E-state index in [4.69, 9.17) is 4.74 Å². The first-order chi connectivity index (χ1) is 9.31. The Labute approximate surface area is 119 Å². The number of esters is 1. The van der Waals surface area contributed by atoms with Gasteiger partial charge in [0, 0.05) is 6.42 Å². The zero-order chi connectivity index (χ0) is 14.2. The molecule has 0 radical (unpaired) electrons. The molecule has 0 saturated heterocycles. The maximum atomic E-state index is 11.2. The summed E-state index contributed by atoms with van der Waals surface area (Å²) in [5, 5.41) is 0. The Morgan fingerprint density at radius 1 is 0.842 bits per heavy atom. The predicted molar refractivity (Wildman–Crippen MR) is 82.0 cm³/mol. The summed E-state index contributed by atoms with van der Waals surface area (Å²) in [4.78, 5) is 11.2. The summed E-state index contributed by atoms with van der Waals surface area (Å²) in [6.07, 6.45) is 18.1. The van der Waals surface area contributed by atoms with Gasteiger partial charge in [0.15, 0.2) is 0 Å². The van der Waals surface area contributed by atoms with E-state index in [1.807, 2.05) is 6.92 Å².